The highest BCUT2D eigenvalue weighted by molar-refractivity contribution is 6.33. The van der Waals surface area contributed by atoms with Crippen LogP contribution in [0, 0.1) is 0 Å². The molecule has 0 radical (unpaired) electrons. The lowest BCUT2D eigenvalue weighted by Gasteiger charge is -2.36. The van der Waals surface area contributed by atoms with E-state index in [1.54, 1.807) is 46.2 Å². The molecule has 1 fully saturated rings. The lowest BCUT2D eigenvalue weighted by molar-refractivity contribution is 0.0968. The number of amides is 1. The maximum atomic E-state index is 13.7. The first-order chi connectivity index (χ1) is 15.6. The smallest absolute Gasteiger partial charge is 0.259 e. The van der Waals surface area contributed by atoms with Crippen molar-refractivity contribution >= 4 is 34.5 Å². The van der Waals surface area contributed by atoms with E-state index in [1.165, 1.54) is 0 Å². The van der Waals surface area contributed by atoms with Crippen molar-refractivity contribution in [2.45, 2.75) is 37.8 Å². The van der Waals surface area contributed by atoms with Crippen LogP contribution < -0.4 is 10.6 Å². The van der Waals surface area contributed by atoms with Crippen molar-refractivity contribution in [3.63, 3.8) is 0 Å². The number of halogens is 1. The van der Waals surface area contributed by atoms with Crippen LogP contribution in [0.25, 0.3) is 16.9 Å². The summed E-state index contributed by atoms with van der Waals surface area (Å²) in [6, 6.07) is 14.4. The van der Waals surface area contributed by atoms with Crippen molar-refractivity contribution in [2.75, 3.05) is 4.90 Å². The van der Waals surface area contributed by atoms with Gasteiger partial charge in [0, 0.05) is 30.0 Å². The van der Waals surface area contributed by atoms with Crippen LogP contribution in [-0.4, -0.2) is 43.0 Å². The predicted molar refractivity (Wildman–Crippen MR) is 123 cm³/mol. The molecule has 2 unspecified atom stereocenters. The van der Waals surface area contributed by atoms with E-state index in [0.29, 0.717) is 34.0 Å². The molecule has 3 heterocycles. The van der Waals surface area contributed by atoms with Gasteiger partial charge in [-0.3, -0.25) is 9.69 Å². The standard InChI is InChI=1S/C23H22ClN7O/c24-19-6-2-12-26-21(19)30(18-5-1-4-16(25)14-18)23(32)15-8-10-17(11-9-15)31-22-20(28-29-31)7-3-13-27-22/h2-3,6-13,16,18H,1,4-5,14,25H2. The van der Waals surface area contributed by atoms with Crippen LogP contribution in [0.15, 0.2) is 60.9 Å². The molecule has 9 heteroatoms. The van der Waals surface area contributed by atoms with Gasteiger partial charge in [-0.05, 0) is 74.2 Å². The van der Waals surface area contributed by atoms with E-state index in [2.05, 4.69) is 20.3 Å². The summed E-state index contributed by atoms with van der Waals surface area (Å²) < 4.78 is 1.65. The van der Waals surface area contributed by atoms with Crippen molar-refractivity contribution in [3.05, 3.63) is 71.5 Å². The minimum Gasteiger partial charge on any atom is -0.328 e. The molecule has 1 aliphatic rings. The Morgan fingerprint density at radius 3 is 2.62 bits per heavy atom. The molecular formula is C23H22ClN7O. The fourth-order valence-corrected chi connectivity index (χ4v) is 4.46. The van der Waals surface area contributed by atoms with E-state index >= 15 is 0 Å². The van der Waals surface area contributed by atoms with Crippen LogP contribution in [0.5, 0.6) is 0 Å². The first-order valence-electron chi connectivity index (χ1n) is 10.6. The van der Waals surface area contributed by atoms with Gasteiger partial charge >= 0.3 is 0 Å². The zero-order valence-corrected chi connectivity index (χ0v) is 18.1. The number of nitrogens with two attached hydrogens (primary N) is 1. The normalized spacial score (nSPS) is 18.6. The summed E-state index contributed by atoms with van der Waals surface area (Å²) in [6.45, 7) is 0. The molecule has 3 aromatic heterocycles. The van der Waals surface area contributed by atoms with Crippen molar-refractivity contribution in [1.82, 2.24) is 25.0 Å². The molecule has 162 valence electrons. The molecule has 1 saturated carbocycles. The van der Waals surface area contributed by atoms with E-state index in [9.17, 15) is 4.79 Å². The minimum absolute atomic E-state index is 0.0539. The van der Waals surface area contributed by atoms with E-state index < -0.39 is 0 Å². The largest absolute Gasteiger partial charge is 0.328 e. The predicted octanol–water partition coefficient (Wildman–Crippen LogP) is 3.78. The maximum absolute atomic E-state index is 13.7. The Kier molecular flexibility index (Phi) is 5.55. The molecule has 1 aliphatic carbocycles. The lowest BCUT2D eigenvalue weighted by Crippen LogP contribution is -2.46. The number of benzene rings is 1. The number of nitrogens with zero attached hydrogens (tertiary/aromatic N) is 6. The number of hydrogen-bond donors (Lipinski definition) is 1. The lowest BCUT2D eigenvalue weighted by atomic mass is 9.90. The van der Waals surface area contributed by atoms with E-state index in [-0.39, 0.29) is 18.0 Å². The van der Waals surface area contributed by atoms with Crippen LogP contribution >= 0.6 is 11.6 Å². The Balaban J connectivity index is 1.49. The Labute approximate surface area is 190 Å². The summed E-state index contributed by atoms with van der Waals surface area (Å²) in [7, 11) is 0. The molecule has 0 bridgehead atoms. The molecule has 0 aliphatic heterocycles. The van der Waals surface area contributed by atoms with Gasteiger partial charge in [0.25, 0.3) is 5.91 Å². The SMILES string of the molecule is NC1CCCC(N(C(=O)c2ccc(-n3nnc4cccnc43)cc2)c2ncccc2Cl)C1. The highest BCUT2D eigenvalue weighted by Gasteiger charge is 2.32. The Bertz CT molecular complexity index is 1260. The van der Waals surface area contributed by atoms with E-state index in [1.807, 2.05) is 24.3 Å². The quantitative estimate of drug-likeness (QED) is 0.510. The Hall–Kier alpha value is -3.36. The molecule has 5 rings (SSSR count). The fraction of sp³-hybridized carbons (Fsp3) is 0.261. The zero-order chi connectivity index (χ0) is 22.1. The number of anilines is 1. The number of fused-ring (bicyclic) bond motifs is 1. The summed E-state index contributed by atoms with van der Waals surface area (Å²) in [6.07, 6.45) is 6.85. The van der Waals surface area contributed by atoms with Crippen LogP contribution in [0.3, 0.4) is 0 Å². The number of carbonyl (C=O) groups excluding carboxylic acids is 1. The van der Waals surface area contributed by atoms with E-state index in [0.717, 1.165) is 24.9 Å². The first kappa shape index (κ1) is 20.5. The van der Waals surface area contributed by atoms with Gasteiger partial charge in [-0.15, -0.1) is 5.10 Å². The zero-order valence-electron chi connectivity index (χ0n) is 17.3. The van der Waals surface area contributed by atoms with Gasteiger partial charge in [0.15, 0.2) is 11.5 Å². The highest BCUT2D eigenvalue weighted by atomic mass is 35.5. The van der Waals surface area contributed by atoms with Crippen LogP contribution in [0.1, 0.15) is 36.0 Å². The summed E-state index contributed by atoms with van der Waals surface area (Å²) in [4.78, 5) is 24.1. The number of pyridine rings is 2. The number of hydrogen-bond acceptors (Lipinski definition) is 6. The van der Waals surface area contributed by atoms with Crippen molar-refractivity contribution in [2.24, 2.45) is 5.73 Å². The van der Waals surface area contributed by atoms with Crippen molar-refractivity contribution < 1.29 is 4.79 Å². The van der Waals surface area contributed by atoms with Gasteiger partial charge in [0.1, 0.15) is 5.52 Å². The Morgan fingerprint density at radius 2 is 1.84 bits per heavy atom. The van der Waals surface area contributed by atoms with Gasteiger partial charge in [0.05, 0.1) is 10.7 Å². The molecule has 2 N–H and O–H groups in total. The third kappa shape index (κ3) is 3.83. The number of rotatable bonds is 4. The van der Waals surface area contributed by atoms with E-state index in [4.69, 9.17) is 17.3 Å². The second kappa shape index (κ2) is 8.64. The molecule has 1 aromatic carbocycles. The van der Waals surface area contributed by atoms with Gasteiger partial charge in [-0.25, -0.2) is 9.97 Å². The number of aromatic nitrogens is 5. The molecule has 0 saturated heterocycles. The molecule has 32 heavy (non-hydrogen) atoms. The average Bonchev–Trinajstić information content (AvgIpc) is 3.25. The summed E-state index contributed by atoms with van der Waals surface area (Å²) in [5.74, 6) is 0.312. The number of carbonyl (C=O) groups is 1. The first-order valence-corrected chi connectivity index (χ1v) is 11.0. The van der Waals surface area contributed by atoms with Gasteiger partial charge in [-0.1, -0.05) is 16.8 Å². The molecule has 2 atom stereocenters. The second-order valence-electron chi connectivity index (χ2n) is 7.96. The summed E-state index contributed by atoms with van der Waals surface area (Å²) in [5.41, 5.74) is 8.89. The molecule has 0 spiro atoms. The fourth-order valence-electron chi connectivity index (χ4n) is 4.25. The highest BCUT2D eigenvalue weighted by Crippen LogP contribution is 2.32. The molecule has 4 aromatic rings. The van der Waals surface area contributed by atoms with Gasteiger partial charge in [0.2, 0.25) is 0 Å². The van der Waals surface area contributed by atoms with Crippen LogP contribution in [0.4, 0.5) is 5.82 Å². The Morgan fingerprint density at radius 1 is 1.06 bits per heavy atom. The minimum atomic E-state index is -0.155. The van der Waals surface area contributed by atoms with Gasteiger partial charge in [-0.2, -0.15) is 4.68 Å². The second-order valence-corrected chi connectivity index (χ2v) is 8.37. The molecular weight excluding hydrogens is 426 g/mol. The third-order valence-corrected chi connectivity index (χ3v) is 6.10. The summed E-state index contributed by atoms with van der Waals surface area (Å²) in [5, 5.41) is 8.76. The maximum Gasteiger partial charge on any atom is 0.259 e. The average molecular weight is 448 g/mol. The van der Waals surface area contributed by atoms with Gasteiger partial charge < -0.3 is 5.73 Å². The van der Waals surface area contributed by atoms with Crippen LogP contribution in [0.2, 0.25) is 5.02 Å². The molecule has 1 amide bonds. The van der Waals surface area contributed by atoms with Crippen molar-refractivity contribution in [3.8, 4) is 5.69 Å². The van der Waals surface area contributed by atoms with Crippen LogP contribution in [-0.2, 0) is 0 Å². The molecule has 8 nitrogen and oxygen atoms in total. The monoisotopic (exact) mass is 447 g/mol. The van der Waals surface area contributed by atoms with Crippen molar-refractivity contribution in [1.29, 1.82) is 0 Å². The third-order valence-electron chi connectivity index (χ3n) is 5.81. The topological polar surface area (TPSA) is 103 Å². The summed E-state index contributed by atoms with van der Waals surface area (Å²) >= 11 is 6.44.